The van der Waals surface area contributed by atoms with E-state index in [-0.39, 0.29) is 11.9 Å². The molecule has 1 amide bonds. The van der Waals surface area contributed by atoms with E-state index in [4.69, 9.17) is 4.74 Å². The van der Waals surface area contributed by atoms with Crippen LogP contribution in [0.2, 0.25) is 0 Å². The number of nitrogens with zero attached hydrogens (tertiary/aromatic N) is 1. The van der Waals surface area contributed by atoms with Gasteiger partial charge in [-0.05, 0) is 48.4 Å². The Balaban J connectivity index is 1.93. The number of hydrogen-bond acceptors (Lipinski definition) is 4. The van der Waals surface area contributed by atoms with Crippen molar-refractivity contribution in [1.82, 2.24) is 5.43 Å². The van der Waals surface area contributed by atoms with E-state index < -0.39 is 0 Å². The van der Waals surface area contributed by atoms with Gasteiger partial charge in [-0.15, -0.1) is 0 Å². The Hall–Kier alpha value is -2.34. The van der Waals surface area contributed by atoms with Gasteiger partial charge in [0.25, 0.3) is 5.91 Å². The van der Waals surface area contributed by atoms with E-state index in [1.54, 1.807) is 13.3 Å². The van der Waals surface area contributed by atoms with Crippen LogP contribution in [-0.2, 0) is 4.79 Å². The topological polar surface area (TPSA) is 62.7 Å². The molecule has 24 heavy (non-hydrogen) atoms. The van der Waals surface area contributed by atoms with Gasteiger partial charge in [-0.3, -0.25) is 4.79 Å². The molecule has 6 heteroatoms. The van der Waals surface area contributed by atoms with Gasteiger partial charge in [0, 0.05) is 10.2 Å². The van der Waals surface area contributed by atoms with Crippen LogP contribution in [0, 0.1) is 0 Å². The molecule has 2 N–H and O–H groups in total. The third-order valence-corrected chi connectivity index (χ3v) is 3.92. The van der Waals surface area contributed by atoms with Gasteiger partial charge in [0.2, 0.25) is 0 Å². The Morgan fingerprint density at radius 1 is 1.29 bits per heavy atom. The molecule has 5 nitrogen and oxygen atoms in total. The second-order valence-electron chi connectivity index (χ2n) is 5.12. The lowest BCUT2D eigenvalue weighted by Gasteiger charge is -2.16. The monoisotopic (exact) mass is 389 g/mol. The Labute approximate surface area is 150 Å². The minimum absolute atomic E-state index is 0.181. The summed E-state index contributed by atoms with van der Waals surface area (Å²) in [6.07, 6.45) is 2.24. The van der Waals surface area contributed by atoms with E-state index in [2.05, 4.69) is 31.8 Å². The molecule has 2 aromatic carbocycles. The van der Waals surface area contributed by atoms with Gasteiger partial charge in [0.15, 0.2) is 0 Å². The third-order valence-electron chi connectivity index (χ3n) is 3.39. The van der Waals surface area contributed by atoms with E-state index in [1.165, 1.54) is 0 Å². The second kappa shape index (κ2) is 9.08. The molecule has 0 aromatic heterocycles. The van der Waals surface area contributed by atoms with E-state index >= 15 is 0 Å². The number of anilines is 1. The van der Waals surface area contributed by atoms with Gasteiger partial charge >= 0.3 is 0 Å². The highest BCUT2D eigenvalue weighted by Crippen LogP contribution is 2.15. The highest BCUT2D eigenvalue weighted by atomic mass is 79.9. The van der Waals surface area contributed by atoms with Crippen molar-refractivity contribution in [1.29, 1.82) is 0 Å². The van der Waals surface area contributed by atoms with Gasteiger partial charge in [-0.25, -0.2) is 5.43 Å². The number of rotatable bonds is 7. The molecule has 0 unspecified atom stereocenters. The number of benzene rings is 2. The molecule has 0 heterocycles. The molecular formula is C18H20BrN3O2. The zero-order valence-electron chi connectivity index (χ0n) is 13.6. The molecule has 0 bridgehead atoms. The van der Waals surface area contributed by atoms with E-state index in [9.17, 15) is 4.79 Å². The maximum atomic E-state index is 12.2. The Morgan fingerprint density at radius 3 is 2.71 bits per heavy atom. The number of ether oxygens (including phenoxy) is 1. The van der Waals surface area contributed by atoms with Crippen molar-refractivity contribution < 1.29 is 9.53 Å². The van der Waals surface area contributed by atoms with Gasteiger partial charge < -0.3 is 10.1 Å². The predicted octanol–water partition coefficient (Wildman–Crippen LogP) is 3.80. The summed E-state index contributed by atoms with van der Waals surface area (Å²) in [5.74, 6) is 0.563. The zero-order valence-corrected chi connectivity index (χ0v) is 15.2. The summed E-state index contributed by atoms with van der Waals surface area (Å²) in [4.78, 5) is 12.2. The molecule has 2 aromatic rings. The fourth-order valence-electron chi connectivity index (χ4n) is 2.07. The van der Waals surface area contributed by atoms with Crippen LogP contribution in [0.4, 0.5) is 5.69 Å². The summed E-state index contributed by atoms with van der Waals surface area (Å²) in [5, 5.41) is 7.21. The lowest BCUT2D eigenvalue weighted by molar-refractivity contribution is -0.121. The maximum Gasteiger partial charge on any atom is 0.262 e. The van der Waals surface area contributed by atoms with Crippen molar-refractivity contribution >= 4 is 33.7 Å². The smallest absolute Gasteiger partial charge is 0.262 e. The molecule has 0 aliphatic rings. The van der Waals surface area contributed by atoms with Gasteiger partial charge in [0.1, 0.15) is 11.8 Å². The average molecular weight is 390 g/mol. The Morgan fingerprint density at radius 2 is 2.04 bits per heavy atom. The van der Waals surface area contributed by atoms with Crippen LogP contribution in [0.15, 0.2) is 58.1 Å². The van der Waals surface area contributed by atoms with Crippen molar-refractivity contribution in [2.75, 3.05) is 12.4 Å². The van der Waals surface area contributed by atoms with Crippen LogP contribution in [0.3, 0.4) is 0 Å². The van der Waals surface area contributed by atoms with Crippen LogP contribution in [0.25, 0.3) is 0 Å². The largest absolute Gasteiger partial charge is 0.497 e. The van der Waals surface area contributed by atoms with Crippen LogP contribution < -0.4 is 15.5 Å². The number of carbonyl (C=O) groups is 1. The molecule has 2 rings (SSSR count). The maximum absolute atomic E-state index is 12.2. The van der Waals surface area contributed by atoms with Crippen LogP contribution in [0.1, 0.15) is 18.9 Å². The van der Waals surface area contributed by atoms with Crippen molar-refractivity contribution in [3.63, 3.8) is 0 Å². The van der Waals surface area contributed by atoms with E-state index in [1.807, 2.05) is 55.5 Å². The second-order valence-corrected chi connectivity index (χ2v) is 6.04. The number of hydrogen-bond donors (Lipinski definition) is 2. The summed E-state index contributed by atoms with van der Waals surface area (Å²) in [6.45, 7) is 1.95. The number of nitrogens with one attached hydrogen (secondary N) is 2. The summed E-state index contributed by atoms with van der Waals surface area (Å²) < 4.78 is 6.14. The van der Waals surface area contributed by atoms with Crippen LogP contribution in [0.5, 0.6) is 5.75 Å². The highest BCUT2D eigenvalue weighted by Gasteiger charge is 2.15. The lowest BCUT2D eigenvalue weighted by atomic mass is 10.2. The summed E-state index contributed by atoms with van der Waals surface area (Å²) >= 11 is 3.39. The van der Waals surface area contributed by atoms with Gasteiger partial charge in [-0.1, -0.05) is 35.0 Å². The minimum Gasteiger partial charge on any atom is -0.497 e. The summed E-state index contributed by atoms with van der Waals surface area (Å²) in [7, 11) is 1.61. The summed E-state index contributed by atoms with van der Waals surface area (Å²) in [6, 6.07) is 14.8. The average Bonchev–Trinajstić information content (AvgIpc) is 2.61. The fourth-order valence-corrected chi connectivity index (χ4v) is 2.33. The number of methoxy groups -OCH3 is 1. The van der Waals surface area contributed by atoms with Crippen LogP contribution >= 0.6 is 15.9 Å². The number of amides is 1. The first kappa shape index (κ1) is 18.0. The molecule has 0 aliphatic carbocycles. The molecule has 0 aliphatic heterocycles. The predicted molar refractivity (Wildman–Crippen MR) is 101 cm³/mol. The molecule has 0 radical (unpaired) electrons. The molecule has 0 saturated carbocycles. The fraction of sp³-hybridized carbons (Fsp3) is 0.222. The summed E-state index contributed by atoms with van der Waals surface area (Å²) in [5.41, 5.74) is 4.31. The van der Waals surface area contributed by atoms with E-state index in [0.717, 1.165) is 21.5 Å². The van der Waals surface area contributed by atoms with Crippen molar-refractivity contribution in [2.45, 2.75) is 19.4 Å². The standard InChI is InChI=1S/C18H20BrN3O2/c1-3-17(21-15-9-7-14(19)8-10-15)18(23)22-20-12-13-5-4-6-16(11-13)24-2/h4-12,17,21H,3H2,1-2H3,(H,22,23)/b20-12-/t17-/m1/s1. The SMILES string of the molecule is CC[C@@H](Nc1ccc(Br)cc1)C(=O)N/N=C\c1cccc(OC)c1. The minimum atomic E-state index is -0.353. The van der Waals surface area contributed by atoms with E-state index in [0.29, 0.717) is 6.42 Å². The normalized spacial score (nSPS) is 12.0. The first-order valence-electron chi connectivity index (χ1n) is 7.61. The molecular weight excluding hydrogens is 370 g/mol. The van der Waals surface area contributed by atoms with Crippen molar-refractivity contribution in [3.8, 4) is 5.75 Å². The van der Waals surface area contributed by atoms with Gasteiger partial charge in [0.05, 0.1) is 13.3 Å². The zero-order chi connectivity index (χ0) is 17.4. The molecule has 0 fully saturated rings. The third kappa shape index (κ3) is 5.38. The first-order chi connectivity index (χ1) is 11.6. The quantitative estimate of drug-likeness (QED) is 0.559. The van der Waals surface area contributed by atoms with Crippen LogP contribution in [-0.4, -0.2) is 25.3 Å². The number of carbonyl (C=O) groups excluding carboxylic acids is 1. The van der Waals surface area contributed by atoms with Gasteiger partial charge in [-0.2, -0.15) is 5.10 Å². The Bertz CT molecular complexity index is 702. The first-order valence-corrected chi connectivity index (χ1v) is 8.40. The lowest BCUT2D eigenvalue weighted by Crippen LogP contribution is -2.36. The van der Waals surface area contributed by atoms with Crippen molar-refractivity contribution in [2.24, 2.45) is 5.10 Å². The highest BCUT2D eigenvalue weighted by molar-refractivity contribution is 9.10. The molecule has 1 atom stereocenters. The van der Waals surface area contributed by atoms with Crippen molar-refractivity contribution in [3.05, 3.63) is 58.6 Å². The number of halogens is 1. The number of hydrazone groups is 1. The molecule has 0 saturated heterocycles. The Kier molecular flexibility index (Phi) is 6.81. The molecule has 126 valence electrons. The molecule has 0 spiro atoms.